The van der Waals surface area contributed by atoms with Gasteiger partial charge < -0.3 is 15.0 Å². The van der Waals surface area contributed by atoms with Crippen LogP contribution in [0, 0.1) is 5.41 Å². The van der Waals surface area contributed by atoms with Gasteiger partial charge in [-0.25, -0.2) is 9.78 Å². The number of rotatable bonds is 4. The molecule has 0 atom stereocenters. The van der Waals surface area contributed by atoms with E-state index in [0.717, 1.165) is 0 Å². The lowest BCUT2D eigenvalue weighted by atomic mass is 9.92. The van der Waals surface area contributed by atoms with E-state index in [0.29, 0.717) is 17.6 Å². The smallest absolute Gasteiger partial charge is 0.337 e. The van der Waals surface area contributed by atoms with Gasteiger partial charge in [0.05, 0.1) is 28.3 Å². The van der Waals surface area contributed by atoms with Crippen LogP contribution in [0.15, 0.2) is 24.5 Å². The van der Waals surface area contributed by atoms with Gasteiger partial charge in [-0.15, -0.1) is 0 Å². The summed E-state index contributed by atoms with van der Waals surface area (Å²) in [5.74, 6) is -1.11. The first-order valence-electron chi connectivity index (χ1n) is 6.26. The van der Waals surface area contributed by atoms with Crippen molar-refractivity contribution in [3.05, 3.63) is 30.1 Å². The molecule has 0 aliphatic carbocycles. The van der Waals surface area contributed by atoms with Crippen molar-refractivity contribution in [2.24, 2.45) is 5.41 Å². The third-order valence-electron chi connectivity index (χ3n) is 3.28. The zero-order chi connectivity index (χ0) is 14.9. The number of carbonyl (C=O) groups is 2. The number of benzene rings is 1. The number of carbonyl (C=O) groups excluding carboxylic acids is 1. The highest BCUT2D eigenvalue weighted by Crippen LogP contribution is 2.24. The molecule has 0 aliphatic heterocycles. The molecule has 2 N–H and O–H groups in total. The first kappa shape index (κ1) is 14.0. The van der Waals surface area contributed by atoms with Crippen molar-refractivity contribution in [1.82, 2.24) is 14.9 Å². The topological polar surface area (TPSA) is 84.2 Å². The summed E-state index contributed by atoms with van der Waals surface area (Å²) in [7, 11) is 1.58. The molecule has 20 heavy (non-hydrogen) atoms. The van der Waals surface area contributed by atoms with E-state index in [2.05, 4.69) is 10.3 Å². The molecule has 0 unspecified atom stereocenters. The van der Waals surface area contributed by atoms with Crippen molar-refractivity contribution in [2.75, 3.05) is 7.05 Å². The molecule has 0 saturated carbocycles. The average molecular weight is 275 g/mol. The van der Waals surface area contributed by atoms with E-state index in [-0.39, 0.29) is 11.5 Å². The van der Waals surface area contributed by atoms with Gasteiger partial charge in [-0.05, 0) is 26.0 Å². The number of imidazole rings is 1. The summed E-state index contributed by atoms with van der Waals surface area (Å²) in [6.45, 7) is 3.97. The van der Waals surface area contributed by atoms with E-state index in [1.807, 2.05) is 0 Å². The van der Waals surface area contributed by atoms with Gasteiger partial charge in [0.2, 0.25) is 5.91 Å². The predicted octanol–water partition coefficient (Wildman–Crippen LogP) is 1.51. The molecule has 0 aliphatic rings. The summed E-state index contributed by atoms with van der Waals surface area (Å²) >= 11 is 0. The molecule has 6 nitrogen and oxygen atoms in total. The number of hydrogen-bond donors (Lipinski definition) is 2. The second-order valence-electron chi connectivity index (χ2n) is 5.31. The van der Waals surface area contributed by atoms with E-state index in [4.69, 9.17) is 0 Å². The van der Waals surface area contributed by atoms with E-state index in [1.165, 1.54) is 6.07 Å². The van der Waals surface area contributed by atoms with Gasteiger partial charge in [0.25, 0.3) is 0 Å². The quantitative estimate of drug-likeness (QED) is 0.885. The van der Waals surface area contributed by atoms with Crippen LogP contribution in [0.5, 0.6) is 0 Å². The molecule has 106 valence electrons. The van der Waals surface area contributed by atoms with Gasteiger partial charge in [-0.3, -0.25) is 4.79 Å². The molecule has 1 aromatic carbocycles. The molecule has 1 aromatic heterocycles. The summed E-state index contributed by atoms with van der Waals surface area (Å²) in [5.41, 5.74) is 0.677. The zero-order valence-electron chi connectivity index (χ0n) is 11.7. The molecular formula is C14H17N3O3. The maximum absolute atomic E-state index is 11.9. The molecule has 0 spiro atoms. The van der Waals surface area contributed by atoms with Crippen LogP contribution in [0.3, 0.4) is 0 Å². The number of amides is 1. The molecule has 0 fully saturated rings. The number of hydrogen-bond acceptors (Lipinski definition) is 3. The van der Waals surface area contributed by atoms with Crippen molar-refractivity contribution in [2.45, 2.75) is 20.4 Å². The Morgan fingerprint density at radius 3 is 2.70 bits per heavy atom. The number of nitrogens with zero attached hydrogens (tertiary/aromatic N) is 2. The van der Waals surface area contributed by atoms with E-state index < -0.39 is 11.4 Å². The van der Waals surface area contributed by atoms with Gasteiger partial charge in [-0.1, -0.05) is 6.07 Å². The van der Waals surface area contributed by atoms with E-state index in [1.54, 1.807) is 43.9 Å². The summed E-state index contributed by atoms with van der Waals surface area (Å²) in [5, 5.41) is 11.9. The molecule has 2 rings (SSSR count). The Morgan fingerprint density at radius 2 is 2.10 bits per heavy atom. The molecule has 0 radical (unpaired) electrons. The van der Waals surface area contributed by atoms with Crippen LogP contribution in [-0.4, -0.2) is 33.6 Å². The molecule has 1 heterocycles. The van der Waals surface area contributed by atoms with Crippen molar-refractivity contribution < 1.29 is 14.7 Å². The minimum atomic E-state index is -1.00. The Morgan fingerprint density at radius 1 is 1.40 bits per heavy atom. The highest BCUT2D eigenvalue weighted by molar-refractivity contribution is 6.01. The number of aromatic nitrogens is 2. The number of carboxylic acids is 1. The lowest BCUT2D eigenvalue weighted by Gasteiger charge is -2.23. The fourth-order valence-electron chi connectivity index (χ4n) is 2.26. The Hall–Kier alpha value is -2.37. The predicted molar refractivity (Wildman–Crippen MR) is 74.5 cm³/mol. The van der Waals surface area contributed by atoms with Crippen LogP contribution in [0.25, 0.3) is 11.0 Å². The lowest BCUT2D eigenvalue weighted by molar-refractivity contribution is -0.129. The summed E-state index contributed by atoms with van der Waals surface area (Å²) in [6.07, 6.45) is 1.57. The fraction of sp³-hybridized carbons (Fsp3) is 0.357. The van der Waals surface area contributed by atoms with Crippen LogP contribution in [0.4, 0.5) is 0 Å². The third-order valence-corrected chi connectivity index (χ3v) is 3.28. The molecule has 0 saturated heterocycles. The number of para-hydroxylation sites is 1. The van der Waals surface area contributed by atoms with Gasteiger partial charge in [0, 0.05) is 13.6 Å². The minimum Gasteiger partial charge on any atom is -0.478 e. The number of carboxylic acid groups (broad SMARTS) is 1. The molecule has 6 heteroatoms. The number of fused-ring (bicyclic) bond motifs is 1. The molecule has 2 aromatic rings. The minimum absolute atomic E-state index is 0.104. The summed E-state index contributed by atoms with van der Waals surface area (Å²) in [6, 6.07) is 4.95. The van der Waals surface area contributed by atoms with E-state index in [9.17, 15) is 14.7 Å². The van der Waals surface area contributed by atoms with E-state index >= 15 is 0 Å². The van der Waals surface area contributed by atoms with Gasteiger partial charge >= 0.3 is 5.97 Å². The highest BCUT2D eigenvalue weighted by atomic mass is 16.4. The maximum atomic E-state index is 11.9. The van der Waals surface area contributed by atoms with Crippen LogP contribution < -0.4 is 5.32 Å². The Bertz CT molecular complexity index is 673. The SMILES string of the molecule is CNC(=O)C(C)(C)Cn1cnc2cccc(C(=O)O)c21. The van der Waals surface area contributed by atoms with Gasteiger partial charge in [0.1, 0.15) is 0 Å². The number of aromatic carboxylic acids is 1. The second-order valence-corrected chi connectivity index (χ2v) is 5.31. The van der Waals surface area contributed by atoms with Crippen LogP contribution in [-0.2, 0) is 11.3 Å². The van der Waals surface area contributed by atoms with Crippen LogP contribution >= 0.6 is 0 Å². The Balaban J connectivity index is 2.51. The van der Waals surface area contributed by atoms with Crippen molar-refractivity contribution >= 4 is 22.9 Å². The maximum Gasteiger partial charge on any atom is 0.337 e. The Labute approximate surface area is 116 Å². The second kappa shape index (κ2) is 4.96. The average Bonchev–Trinajstić information content (AvgIpc) is 2.80. The van der Waals surface area contributed by atoms with Gasteiger partial charge in [0.15, 0.2) is 0 Å². The largest absolute Gasteiger partial charge is 0.478 e. The molecule has 0 bridgehead atoms. The molecule has 1 amide bonds. The fourth-order valence-corrected chi connectivity index (χ4v) is 2.26. The summed E-state index contributed by atoms with van der Waals surface area (Å²) < 4.78 is 1.72. The van der Waals surface area contributed by atoms with Crippen LogP contribution in [0.2, 0.25) is 0 Å². The van der Waals surface area contributed by atoms with Crippen molar-refractivity contribution in [3.8, 4) is 0 Å². The Kier molecular flexibility index (Phi) is 3.48. The first-order valence-corrected chi connectivity index (χ1v) is 6.26. The first-order chi connectivity index (χ1) is 9.36. The monoisotopic (exact) mass is 275 g/mol. The summed E-state index contributed by atoms with van der Waals surface area (Å²) in [4.78, 5) is 27.4. The van der Waals surface area contributed by atoms with Crippen molar-refractivity contribution in [3.63, 3.8) is 0 Å². The number of nitrogens with one attached hydrogen (secondary N) is 1. The normalized spacial score (nSPS) is 11.6. The van der Waals surface area contributed by atoms with Crippen LogP contribution in [0.1, 0.15) is 24.2 Å². The standard InChI is InChI=1S/C14H17N3O3/c1-14(2,13(20)15-3)7-17-8-16-10-6-4-5-9(11(10)17)12(18)19/h4-6,8H,7H2,1-3H3,(H,15,20)(H,18,19). The molecular weight excluding hydrogens is 258 g/mol. The zero-order valence-corrected chi connectivity index (χ0v) is 11.7. The van der Waals surface area contributed by atoms with Gasteiger partial charge in [-0.2, -0.15) is 0 Å². The highest BCUT2D eigenvalue weighted by Gasteiger charge is 2.28. The van der Waals surface area contributed by atoms with Crippen molar-refractivity contribution in [1.29, 1.82) is 0 Å². The third kappa shape index (κ3) is 2.36. The lowest BCUT2D eigenvalue weighted by Crippen LogP contribution is -2.37.